The molecule has 0 saturated carbocycles. The zero-order valence-electron chi connectivity index (χ0n) is 13.9. The molecule has 0 amide bonds. The number of nitro groups is 1. The number of non-ortho nitro benzene ring substituents is 1. The zero-order chi connectivity index (χ0) is 17.5. The lowest BCUT2D eigenvalue weighted by atomic mass is 10.1. The molecule has 0 fully saturated rings. The van der Waals surface area contributed by atoms with E-state index in [0.717, 1.165) is 41.0 Å². The van der Waals surface area contributed by atoms with Crippen molar-refractivity contribution in [3.63, 3.8) is 0 Å². The topological polar surface area (TPSA) is 56.8 Å². The fraction of sp³-hybridized carbons (Fsp3) is 0.333. The van der Waals surface area contributed by atoms with E-state index in [1.165, 1.54) is 17.0 Å². The van der Waals surface area contributed by atoms with E-state index in [2.05, 4.69) is 35.8 Å². The number of nitro benzene ring substituents is 1. The number of nitrogens with zero attached hydrogens (tertiary/aromatic N) is 1. The minimum atomic E-state index is -0.398. The number of hydrogen-bond donors (Lipinski definition) is 1. The summed E-state index contributed by atoms with van der Waals surface area (Å²) in [6.45, 7) is 7.76. The van der Waals surface area contributed by atoms with E-state index in [1.807, 2.05) is 12.1 Å². The van der Waals surface area contributed by atoms with Crippen molar-refractivity contribution >= 4 is 21.6 Å². The smallest absolute Gasteiger partial charge is 0.269 e. The maximum absolute atomic E-state index is 10.7. The molecule has 128 valence electrons. The largest absolute Gasteiger partial charge is 0.488 e. The van der Waals surface area contributed by atoms with Crippen LogP contribution in [-0.4, -0.2) is 18.0 Å². The van der Waals surface area contributed by atoms with E-state index in [0.29, 0.717) is 6.61 Å². The third-order valence-electron chi connectivity index (χ3n) is 4.00. The van der Waals surface area contributed by atoms with E-state index in [-0.39, 0.29) is 5.69 Å². The van der Waals surface area contributed by atoms with Crippen molar-refractivity contribution in [2.24, 2.45) is 0 Å². The second-order valence-electron chi connectivity index (χ2n) is 5.60. The Hall–Kier alpha value is -1.92. The number of ether oxygens (including phenoxy) is 1. The van der Waals surface area contributed by atoms with Crippen LogP contribution in [-0.2, 0) is 13.2 Å². The number of benzene rings is 2. The van der Waals surface area contributed by atoms with Crippen LogP contribution in [0.2, 0.25) is 0 Å². The van der Waals surface area contributed by atoms with Gasteiger partial charge in [0.2, 0.25) is 0 Å². The molecule has 0 aliphatic rings. The quantitative estimate of drug-likeness (QED) is 0.552. The van der Waals surface area contributed by atoms with Gasteiger partial charge in [-0.1, -0.05) is 15.9 Å². The maximum Gasteiger partial charge on any atom is 0.269 e. The first-order valence-corrected chi connectivity index (χ1v) is 8.80. The summed E-state index contributed by atoms with van der Waals surface area (Å²) < 4.78 is 7.00. The van der Waals surface area contributed by atoms with Crippen LogP contribution in [0.4, 0.5) is 5.69 Å². The number of rotatable bonds is 8. The normalized spacial score (nSPS) is 10.8. The Balaban J connectivity index is 2.09. The highest BCUT2D eigenvalue weighted by Gasteiger charge is 2.12. The van der Waals surface area contributed by atoms with Crippen LogP contribution in [0.3, 0.4) is 0 Å². The molecule has 0 aromatic heterocycles. The fourth-order valence-corrected chi connectivity index (χ4v) is 2.88. The molecule has 0 aliphatic heterocycles. The standard InChI is InChI=1S/C18H21BrN2O3/c1-3-20(4-2)12-15-11-16(19)7-10-18(15)24-13-14-5-8-17(9-6-14)21(22)23/h5-11H,3-4,12-13H2,1-2H3/p+1. The summed E-state index contributed by atoms with van der Waals surface area (Å²) in [4.78, 5) is 11.8. The summed E-state index contributed by atoms with van der Waals surface area (Å²) in [6.07, 6.45) is 0. The third-order valence-corrected chi connectivity index (χ3v) is 4.50. The summed E-state index contributed by atoms with van der Waals surface area (Å²) >= 11 is 3.52. The molecule has 2 rings (SSSR count). The van der Waals surface area contributed by atoms with Gasteiger partial charge in [0.25, 0.3) is 5.69 Å². The Labute approximate surface area is 150 Å². The van der Waals surface area contributed by atoms with Gasteiger partial charge in [-0.05, 0) is 49.7 Å². The minimum Gasteiger partial charge on any atom is -0.488 e. The fourth-order valence-electron chi connectivity index (χ4n) is 2.47. The summed E-state index contributed by atoms with van der Waals surface area (Å²) in [7, 11) is 0. The monoisotopic (exact) mass is 393 g/mol. The Morgan fingerprint density at radius 2 is 1.79 bits per heavy atom. The zero-order valence-corrected chi connectivity index (χ0v) is 15.5. The summed E-state index contributed by atoms with van der Waals surface area (Å²) in [5, 5.41) is 10.7. The first-order chi connectivity index (χ1) is 11.5. The number of hydrogen-bond acceptors (Lipinski definition) is 3. The van der Waals surface area contributed by atoms with Crippen LogP contribution >= 0.6 is 15.9 Å². The molecule has 0 radical (unpaired) electrons. The van der Waals surface area contributed by atoms with Gasteiger partial charge in [0.05, 0.1) is 18.0 Å². The van der Waals surface area contributed by atoms with Crippen molar-refractivity contribution in [3.8, 4) is 5.75 Å². The highest BCUT2D eigenvalue weighted by Crippen LogP contribution is 2.24. The van der Waals surface area contributed by atoms with Crippen LogP contribution in [0.25, 0.3) is 0 Å². The number of quaternary nitrogens is 1. The molecule has 24 heavy (non-hydrogen) atoms. The molecule has 1 N–H and O–H groups in total. The van der Waals surface area contributed by atoms with Crippen molar-refractivity contribution in [1.82, 2.24) is 0 Å². The molecule has 0 unspecified atom stereocenters. The SMILES string of the molecule is CC[NH+](CC)Cc1cc(Br)ccc1OCc1ccc([N+](=O)[O-])cc1. The summed E-state index contributed by atoms with van der Waals surface area (Å²) in [5.74, 6) is 0.857. The lowest BCUT2D eigenvalue weighted by Crippen LogP contribution is -3.10. The summed E-state index contributed by atoms with van der Waals surface area (Å²) in [6, 6.07) is 12.5. The van der Waals surface area contributed by atoms with Gasteiger partial charge in [-0.25, -0.2) is 0 Å². The predicted molar refractivity (Wildman–Crippen MR) is 97.3 cm³/mol. The van der Waals surface area contributed by atoms with E-state index < -0.39 is 4.92 Å². The van der Waals surface area contributed by atoms with Gasteiger partial charge in [0.15, 0.2) is 0 Å². The van der Waals surface area contributed by atoms with Crippen molar-refractivity contribution in [1.29, 1.82) is 0 Å². The lowest BCUT2D eigenvalue weighted by Gasteiger charge is -2.18. The molecule has 0 heterocycles. The van der Waals surface area contributed by atoms with Crippen molar-refractivity contribution in [3.05, 3.63) is 68.2 Å². The second kappa shape index (κ2) is 8.80. The molecule has 0 bridgehead atoms. The van der Waals surface area contributed by atoms with E-state index >= 15 is 0 Å². The maximum atomic E-state index is 10.7. The van der Waals surface area contributed by atoms with Crippen molar-refractivity contribution < 1.29 is 14.6 Å². The van der Waals surface area contributed by atoms with Gasteiger partial charge < -0.3 is 9.64 Å². The first-order valence-electron chi connectivity index (χ1n) is 8.01. The molecule has 0 spiro atoms. The van der Waals surface area contributed by atoms with Gasteiger partial charge in [-0.2, -0.15) is 0 Å². The van der Waals surface area contributed by atoms with Crippen LogP contribution in [0.15, 0.2) is 46.9 Å². The summed E-state index contributed by atoms with van der Waals surface area (Å²) in [5.41, 5.74) is 2.16. The van der Waals surface area contributed by atoms with Crippen molar-refractivity contribution in [2.75, 3.05) is 13.1 Å². The highest BCUT2D eigenvalue weighted by atomic mass is 79.9. The molecule has 0 atom stereocenters. The number of halogens is 1. The average molecular weight is 394 g/mol. The molecule has 6 heteroatoms. The Bertz CT molecular complexity index is 685. The third kappa shape index (κ3) is 5.04. The van der Waals surface area contributed by atoms with Crippen LogP contribution in [0, 0.1) is 10.1 Å². The average Bonchev–Trinajstić information content (AvgIpc) is 2.59. The van der Waals surface area contributed by atoms with Gasteiger partial charge in [-0.15, -0.1) is 0 Å². The van der Waals surface area contributed by atoms with Gasteiger partial charge in [-0.3, -0.25) is 10.1 Å². The van der Waals surface area contributed by atoms with Crippen LogP contribution < -0.4 is 9.64 Å². The highest BCUT2D eigenvalue weighted by molar-refractivity contribution is 9.10. The van der Waals surface area contributed by atoms with E-state index in [9.17, 15) is 10.1 Å². The Kier molecular flexibility index (Phi) is 6.75. The molecule has 2 aromatic carbocycles. The van der Waals surface area contributed by atoms with Crippen molar-refractivity contribution in [2.45, 2.75) is 27.0 Å². The van der Waals surface area contributed by atoms with E-state index in [4.69, 9.17) is 4.74 Å². The van der Waals surface area contributed by atoms with E-state index in [1.54, 1.807) is 12.1 Å². The Morgan fingerprint density at radius 3 is 2.38 bits per heavy atom. The molecule has 2 aromatic rings. The predicted octanol–water partition coefficient (Wildman–Crippen LogP) is 3.36. The van der Waals surface area contributed by atoms with Gasteiger partial charge in [0.1, 0.15) is 18.9 Å². The molecule has 0 saturated heterocycles. The van der Waals surface area contributed by atoms with Crippen LogP contribution in [0.1, 0.15) is 25.0 Å². The number of nitrogens with one attached hydrogen (secondary N) is 1. The lowest BCUT2D eigenvalue weighted by molar-refractivity contribution is -0.910. The Morgan fingerprint density at radius 1 is 1.12 bits per heavy atom. The van der Waals surface area contributed by atoms with Crippen LogP contribution in [0.5, 0.6) is 5.75 Å². The first kappa shape index (κ1) is 18.4. The second-order valence-corrected chi connectivity index (χ2v) is 6.51. The van der Waals surface area contributed by atoms with Gasteiger partial charge >= 0.3 is 0 Å². The van der Waals surface area contributed by atoms with Gasteiger partial charge in [0, 0.05) is 22.2 Å². The molecular weight excluding hydrogens is 372 g/mol. The molecular formula is C18H22BrN2O3+. The molecule has 5 nitrogen and oxygen atoms in total. The molecule has 0 aliphatic carbocycles. The minimum absolute atomic E-state index is 0.0909.